The number of piperazine rings is 1. The molecular weight excluding hydrogens is 348 g/mol. The van der Waals surface area contributed by atoms with Crippen LogP contribution in [0.25, 0.3) is 0 Å². The predicted molar refractivity (Wildman–Crippen MR) is 98.8 cm³/mol. The monoisotopic (exact) mass is 372 g/mol. The van der Waals surface area contributed by atoms with E-state index >= 15 is 0 Å². The van der Waals surface area contributed by atoms with Crippen molar-refractivity contribution in [3.63, 3.8) is 0 Å². The van der Waals surface area contributed by atoms with Crippen LogP contribution < -0.4 is 5.32 Å². The van der Waals surface area contributed by atoms with Gasteiger partial charge in [-0.1, -0.05) is 29.8 Å². The van der Waals surface area contributed by atoms with E-state index in [-0.39, 0.29) is 6.61 Å². The van der Waals surface area contributed by atoms with E-state index in [1.165, 1.54) is 0 Å². The Labute approximate surface area is 158 Å². The number of nitrogens with one attached hydrogen (secondary N) is 1. The standard InChI is InChI=1S/C19H24N4O4/c1-3-27-18(26)15-16(14-6-4-13(2)5-7-14)20-19(21-17(15)25)23-10-8-22(12-24)9-11-23/h4-7,12,15-16H,3,8-11H2,1-2H3,(H,20,21,25)/t15-,16+/m1/s1. The molecule has 8 nitrogen and oxygen atoms in total. The Morgan fingerprint density at radius 2 is 1.93 bits per heavy atom. The van der Waals surface area contributed by atoms with Crippen LogP contribution in [0.4, 0.5) is 0 Å². The summed E-state index contributed by atoms with van der Waals surface area (Å²) in [5.41, 5.74) is 1.87. The summed E-state index contributed by atoms with van der Waals surface area (Å²) in [6, 6.07) is 6.99. The molecule has 2 amide bonds. The van der Waals surface area contributed by atoms with Gasteiger partial charge in [-0.2, -0.15) is 0 Å². The fourth-order valence-electron chi connectivity index (χ4n) is 3.27. The number of carbonyl (C=O) groups is 3. The number of carbonyl (C=O) groups excluding carboxylic acids is 3. The topological polar surface area (TPSA) is 91.3 Å². The molecule has 3 rings (SSSR count). The van der Waals surface area contributed by atoms with Gasteiger partial charge in [0.25, 0.3) is 0 Å². The lowest BCUT2D eigenvalue weighted by molar-refractivity contribution is -0.153. The molecule has 2 aliphatic heterocycles. The quantitative estimate of drug-likeness (QED) is 0.471. The highest BCUT2D eigenvalue weighted by Crippen LogP contribution is 2.31. The van der Waals surface area contributed by atoms with E-state index in [1.807, 2.05) is 36.1 Å². The van der Waals surface area contributed by atoms with E-state index in [9.17, 15) is 14.4 Å². The van der Waals surface area contributed by atoms with E-state index in [1.54, 1.807) is 11.8 Å². The summed E-state index contributed by atoms with van der Waals surface area (Å²) >= 11 is 0. The first-order valence-corrected chi connectivity index (χ1v) is 9.09. The minimum Gasteiger partial charge on any atom is -0.465 e. The number of nitrogens with zero attached hydrogens (tertiary/aromatic N) is 3. The second-order valence-corrected chi connectivity index (χ2v) is 6.66. The number of aryl methyl sites for hydroxylation is 1. The maximum atomic E-state index is 12.7. The molecule has 1 aromatic carbocycles. The Balaban J connectivity index is 1.91. The second-order valence-electron chi connectivity index (χ2n) is 6.66. The van der Waals surface area contributed by atoms with Gasteiger partial charge in [0.1, 0.15) is 6.04 Å². The minimum atomic E-state index is -1.02. The maximum absolute atomic E-state index is 12.7. The third-order valence-corrected chi connectivity index (χ3v) is 4.82. The molecule has 144 valence electrons. The molecule has 1 fully saturated rings. The zero-order valence-corrected chi connectivity index (χ0v) is 15.6. The van der Waals surface area contributed by atoms with Gasteiger partial charge in [0.15, 0.2) is 5.92 Å². The zero-order valence-electron chi connectivity index (χ0n) is 15.6. The Morgan fingerprint density at radius 1 is 1.26 bits per heavy atom. The van der Waals surface area contributed by atoms with E-state index in [0.717, 1.165) is 17.5 Å². The number of rotatable bonds is 4. The van der Waals surface area contributed by atoms with Crippen LogP contribution in [-0.4, -0.2) is 66.8 Å². The Bertz CT molecular complexity index is 739. The Morgan fingerprint density at radius 3 is 2.52 bits per heavy atom. The van der Waals surface area contributed by atoms with E-state index in [0.29, 0.717) is 32.1 Å². The summed E-state index contributed by atoms with van der Waals surface area (Å²) < 4.78 is 5.11. The molecule has 0 aliphatic carbocycles. The fourth-order valence-corrected chi connectivity index (χ4v) is 3.27. The van der Waals surface area contributed by atoms with Gasteiger partial charge in [0.05, 0.1) is 6.61 Å². The number of ether oxygens (including phenoxy) is 1. The number of esters is 1. The van der Waals surface area contributed by atoms with E-state index in [2.05, 4.69) is 5.32 Å². The van der Waals surface area contributed by atoms with Crippen LogP contribution in [0.1, 0.15) is 24.1 Å². The van der Waals surface area contributed by atoms with Gasteiger partial charge in [-0.25, -0.2) is 4.99 Å². The third-order valence-electron chi connectivity index (χ3n) is 4.82. The Hall–Kier alpha value is -2.90. The van der Waals surface area contributed by atoms with Gasteiger partial charge >= 0.3 is 5.97 Å². The van der Waals surface area contributed by atoms with E-state index in [4.69, 9.17) is 9.73 Å². The molecule has 1 aromatic rings. The van der Waals surface area contributed by atoms with Crippen molar-refractivity contribution < 1.29 is 19.1 Å². The lowest BCUT2D eigenvalue weighted by Gasteiger charge is -2.37. The summed E-state index contributed by atoms with van der Waals surface area (Å²) in [4.78, 5) is 44.4. The average Bonchev–Trinajstić information content (AvgIpc) is 2.68. The minimum absolute atomic E-state index is 0.202. The van der Waals surface area contributed by atoms with Crippen LogP contribution >= 0.6 is 0 Å². The average molecular weight is 372 g/mol. The van der Waals surface area contributed by atoms with Gasteiger partial charge < -0.3 is 14.5 Å². The highest BCUT2D eigenvalue weighted by atomic mass is 16.5. The Kier molecular flexibility index (Phi) is 5.73. The number of aliphatic imine (C=N–C) groups is 1. The first-order valence-electron chi connectivity index (χ1n) is 9.09. The summed E-state index contributed by atoms with van der Waals surface area (Å²) in [5.74, 6) is -1.57. The van der Waals surface area contributed by atoms with Gasteiger partial charge in [-0.15, -0.1) is 0 Å². The smallest absolute Gasteiger partial charge is 0.321 e. The van der Waals surface area contributed by atoms with Crippen molar-refractivity contribution in [3.8, 4) is 0 Å². The predicted octanol–water partition coefficient (Wildman–Crippen LogP) is 0.475. The maximum Gasteiger partial charge on any atom is 0.321 e. The molecule has 27 heavy (non-hydrogen) atoms. The molecule has 8 heteroatoms. The van der Waals surface area contributed by atoms with Crippen molar-refractivity contribution >= 4 is 24.2 Å². The van der Waals surface area contributed by atoms with Crippen LogP contribution in [0.3, 0.4) is 0 Å². The molecule has 1 saturated heterocycles. The molecule has 2 atom stereocenters. The largest absolute Gasteiger partial charge is 0.465 e. The van der Waals surface area contributed by atoms with Crippen LogP contribution in [0.15, 0.2) is 29.3 Å². The third kappa shape index (κ3) is 4.10. The first-order chi connectivity index (χ1) is 13.0. The summed E-state index contributed by atoms with van der Waals surface area (Å²) in [5, 5.41) is 2.75. The SMILES string of the molecule is CCOC(=O)[C@H]1C(=O)NC(N2CCN(C=O)CC2)=N[C@H]1c1ccc(C)cc1. The van der Waals surface area contributed by atoms with Crippen molar-refractivity contribution in [2.75, 3.05) is 32.8 Å². The molecule has 2 heterocycles. The van der Waals surface area contributed by atoms with Crippen molar-refractivity contribution in [2.24, 2.45) is 10.9 Å². The lowest BCUT2D eigenvalue weighted by atomic mass is 9.91. The number of benzene rings is 1. The molecule has 0 aromatic heterocycles. The van der Waals surface area contributed by atoms with Crippen molar-refractivity contribution in [3.05, 3.63) is 35.4 Å². The van der Waals surface area contributed by atoms with Crippen LogP contribution in [0.2, 0.25) is 0 Å². The zero-order chi connectivity index (χ0) is 19.4. The molecule has 0 radical (unpaired) electrons. The lowest BCUT2D eigenvalue weighted by Crippen LogP contribution is -2.57. The van der Waals surface area contributed by atoms with Crippen LogP contribution in [-0.2, 0) is 19.1 Å². The first kappa shape index (κ1) is 18.9. The van der Waals surface area contributed by atoms with Gasteiger partial charge in [0.2, 0.25) is 18.3 Å². The molecule has 0 saturated carbocycles. The molecular formula is C19H24N4O4. The normalized spacial score (nSPS) is 22.7. The van der Waals surface area contributed by atoms with Gasteiger partial charge in [-0.3, -0.25) is 19.7 Å². The summed E-state index contributed by atoms with van der Waals surface area (Å²) in [7, 11) is 0. The number of hydrogen-bond donors (Lipinski definition) is 1. The van der Waals surface area contributed by atoms with Gasteiger partial charge in [-0.05, 0) is 19.4 Å². The highest BCUT2D eigenvalue weighted by molar-refractivity contribution is 6.08. The number of guanidine groups is 1. The van der Waals surface area contributed by atoms with Crippen LogP contribution in [0, 0.1) is 12.8 Å². The van der Waals surface area contributed by atoms with Gasteiger partial charge in [0, 0.05) is 26.2 Å². The molecule has 0 spiro atoms. The van der Waals surface area contributed by atoms with Crippen molar-refractivity contribution in [2.45, 2.75) is 19.9 Å². The number of hydrogen-bond acceptors (Lipinski definition) is 6. The molecule has 1 N–H and O–H groups in total. The number of amides is 2. The fraction of sp³-hybridized carbons (Fsp3) is 0.474. The molecule has 2 aliphatic rings. The van der Waals surface area contributed by atoms with Crippen molar-refractivity contribution in [1.82, 2.24) is 15.1 Å². The molecule has 0 unspecified atom stereocenters. The highest BCUT2D eigenvalue weighted by Gasteiger charge is 2.42. The molecule has 0 bridgehead atoms. The van der Waals surface area contributed by atoms with Crippen LogP contribution in [0.5, 0.6) is 0 Å². The summed E-state index contributed by atoms with van der Waals surface area (Å²) in [6.07, 6.45) is 0.824. The second kappa shape index (κ2) is 8.20. The van der Waals surface area contributed by atoms with E-state index < -0.39 is 23.8 Å². The summed E-state index contributed by atoms with van der Waals surface area (Å²) in [6.45, 7) is 6.16. The van der Waals surface area contributed by atoms with Crippen molar-refractivity contribution in [1.29, 1.82) is 0 Å².